The molecule has 10 heteroatoms. The van der Waals surface area contributed by atoms with Gasteiger partial charge in [0.1, 0.15) is 11.9 Å². The van der Waals surface area contributed by atoms with Crippen molar-refractivity contribution in [2.45, 2.75) is 50.0 Å². The van der Waals surface area contributed by atoms with Crippen LogP contribution in [0.5, 0.6) is 5.75 Å². The van der Waals surface area contributed by atoms with Crippen molar-refractivity contribution in [2.24, 2.45) is 7.05 Å². The van der Waals surface area contributed by atoms with Crippen LogP contribution in [0.3, 0.4) is 0 Å². The number of rotatable bonds is 8. The monoisotopic (exact) mass is 575 g/mol. The van der Waals surface area contributed by atoms with E-state index in [1.54, 1.807) is 24.3 Å². The number of carbonyl (C=O) groups excluding carboxylic acids is 2. The highest BCUT2D eigenvalue weighted by Gasteiger charge is 2.21. The molecule has 3 aromatic carbocycles. The average molecular weight is 576 g/mol. The van der Waals surface area contributed by atoms with Crippen LogP contribution in [0.15, 0.2) is 71.8 Å². The van der Waals surface area contributed by atoms with Gasteiger partial charge in [-0.15, -0.1) is 0 Å². The first kappa shape index (κ1) is 28.2. The fraction of sp³-hybridized carbons (Fsp3) is 0.290. The third-order valence-electron chi connectivity index (χ3n) is 7.38. The maximum Gasteiger partial charge on any atom is 0.411 e. The molecule has 0 bridgehead atoms. The highest BCUT2D eigenvalue weighted by molar-refractivity contribution is 7.90. The molecule has 5 rings (SSSR count). The number of aromatic nitrogens is 1. The molecule has 1 aliphatic carbocycles. The standard InChI is InChI=1S/C31H33N3O6S/c1-20-8-13-26(14-9-20)41(37,38)33-30(35)22-11-10-21(29(17-22)39-3)16-23-19-34(2)28-15-12-24(18-27(23)28)32-31(36)40-25-6-4-5-7-25/h8-15,17-19,25H,4-7,16H2,1-3H3,(H,32,36)(H,33,35). The first-order chi connectivity index (χ1) is 19.6. The minimum absolute atomic E-state index is 0.0108. The smallest absolute Gasteiger partial charge is 0.411 e. The van der Waals surface area contributed by atoms with E-state index in [0.29, 0.717) is 17.9 Å². The van der Waals surface area contributed by atoms with Crippen molar-refractivity contribution in [3.63, 3.8) is 0 Å². The lowest BCUT2D eigenvalue weighted by Gasteiger charge is -2.13. The first-order valence-corrected chi connectivity index (χ1v) is 15.0. The van der Waals surface area contributed by atoms with Crippen LogP contribution in [-0.2, 0) is 28.2 Å². The molecule has 9 nitrogen and oxygen atoms in total. The third kappa shape index (κ3) is 6.38. The lowest BCUT2D eigenvalue weighted by atomic mass is 10.0. The normalized spacial score (nSPS) is 13.7. The van der Waals surface area contributed by atoms with Crippen molar-refractivity contribution < 1.29 is 27.5 Å². The molecule has 4 aromatic rings. The second kappa shape index (κ2) is 11.7. The van der Waals surface area contributed by atoms with Gasteiger partial charge in [0.2, 0.25) is 0 Å². The summed E-state index contributed by atoms with van der Waals surface area (Å²) in [4.78, 5) is 25.3. The molecule has 2 amide bonds. The number of fused-ring (bicyclic) bond motifs is 1. The fourth-order valence-electron chi connectivity index (χ4n) is 5.19. The fourth-order valence-corrected chi connectivity index (χ4v) is 6.17. The topological polar surface area (TPSA) is 116 Å². The summed E-state index contributed by atoms with van der Waals surface area (Å²) in [5, 5.41) is 3.81. The van der Waals surface area contributed by atoms with Crippen LogP contribution < -0.4 is 14.8 Å². The van der Waals surface area contributed by atoms with Crippen molar-refractivity contribution >= 4 is 38.6 Å². The predicted molar refractivity (Wildman–Crippen MR) is 157 cm³/mol. The number of amides is 2. The lowest BCUT2D eigenvalue weighted by Crippen LogP contribution is -2.30. The Morgan fingerprint density at radius 3 is 2.41 bits per heavy atom. The number of carbonyl (C=O) groups is 2. The molecule has 214 valence electrons. The van der Waals surface area contributed by atoms with E-state index < -0.39 is 22.0 Å². The number of ether oxygens (including phenoxy) is 2. The van der Waals surface area contributed by atoms with Gasteiger partial charge in [0.25, 0.3) is 15.9 Å². The zero-order valence-electron chi connectivity index (χ0n) is 23.3. The molecule has 1 fully saturated rings. The van der Waals surface area contributed by atoms with Gasteiger partial charge in [-0.05, 0) is 86.2 Å². The van der Waals surface area contributed by atoms with Gasteiger partial charge in [-0.1, -0.05) is 23.8 Å². The summed E-state index contributed by atoms with van der Waals surface area (Å²) < 4.78 is 40.7. The molecular formula is C31H33N3O6S. The number of hydrogen-bond donors (Lipinski definition) is 2. The van der Waals surface area contributed by atoms with E-state index in [4.69, 9.17) is 9.47 Å². The zero-order chi connectivity index (χ0) is 29.1. The third-order valence-corrected chi connectivity index (χ3v) is 8.73. The molecule has 1 aliphatic rings. The molecule has 1 saturated carbocycles. The number of anilines is 1. The molecule has 1 heterocycles. The molecule has 0 aliphatic heterocycles. The number of nitrogens with one attached hydrogen (secondary N) is 2. The molecule has 2 N–H and O–H groups in total. The summed E-state index contributed by atoms with van der Waals surface area (Å²) in [6, 6.07) is 16.8. The van der Waals surface area contributed by atoms with E-state index in [1.807, 2.05) is 42.9 Å². The Balaban J connectivity index is 1.34. The van der Waals surface area contributed by atoms with Crippen LogP contribution in [-0.4, -0.2) is 38.2 Å². The van der Waals surface area contributed by atoms with Gasteiger partial charge >= 0.3 is 6.09 Å². The first-order valence-electron chi connectivity index (χ1n) is 13.5. The lowest BCUT2D eigenvalue weighted by molar-refractivity contribution is 0.0980. The summed E-state index contributed by atoms with van der Waals surface area (Å²) in [5.74, 6) is -0.294. The van der Waals surface area contributed by atoms with Gasteiger partial charge < -0.3 is 14.0 Å². The number of aryl methyl sites for hydroxylation is 2. The van der Waals surface area contributed by atoms with E-state index >= 15 is 0 Å². The summed E-state index contributed by atoms with van der Waals surface area (Å²) in [6.07, 6.45) is 6.00. The Kier molecular flexibility index (Phi) is 8.03. The van der Waals surface area contributed by atoms with E-state index in [0.717, 1.165) is 53.3 Å². The Labute approximate surface area is 239 Å². The Bertz CT molecular complexity index is 1700. The van der Waals surface area contributed by atoms with Gasteiger partial charge in [-0.3, -0.25) is 10.1 Å². The van der Waals surface area contributed by atoms with Gasteiger partial charge in [-0.2, -0.15) is 0 Å². The number of methoxy groups -OCH3 is 1. The van der Waals surface area contributed by atoms with E-state index in [1.165, 1.54) is 25.3 Å². The van der Waals surface area contributed by atoms with Crippen LogP contribution in [0.1, 0.15) is 52.7 Å². The molecule has 41 heavy (non-hydrogen) atoms. The SMILES string of the molecule is COc1cc(C(=O)NS(=O)(=O)c2ccc(C)cc2)ccc1Cc1cn(C)c2ccc(NC(=O)OC3CCCC3)cc12. The molecule has 0 saturated heterocycles. The molecule has 0 radical (unpaired) electrons. The molecular weight excluding hydrogens is 542 g/mol. The van der Waals surface area contributed by atoms with Crippen molar-refractivity contribution in [3.8, 4) is 5.75 Å². The van der Waals surface area contributed by atoms with Crippen LogP contribution in [0, 0.1) is 6.92 Å². The van der Waals surface area contributed by atoms with Gasteiger partial charge in [-0.25, -0.2) is 17.9 Å². The highest BCUT2D eigenvalue weighted by Crippen LogP contribution is 2.30. The van der Waals surface area contributed by atoms with Crippen LogP contribution >= 0.6 is 0 Å². The number of hydrogen-bond acceptors (Lipinski definition) is 6. The number of nitrogens with zero attached hydrogens (tertiary/aromatic N) is 1. The molecule has 0 unspecified atom stereocenters. The molecule has 0 atom stereocenters. The highest BCUT2D eigenvalue weighted by atomic mass is 32.2. The van der Waals surface area contributed by atoms with E-state index in [9.17, 15) is 18.0 Å². The van der Waals surface area contributed by atoms with E-state index in [-0.39, 0.29) is 16.6 Å². The minimum Gasteiger partial charge on any atom is -0.496 e. The quantitative estimate of drug-likeness (QED) is 0.279. The van der Waals surface area contributed by atoms with Gasteiger partial charge in [0, 0.05) is 41.8 Å². The predicted octanol–water partition coefficient (Wildman–Crippen LogP) is 5.70. The Morgan fingerprint density at radius 1 is 0.976 bits per heavy atom. The minimum atomic E-state index is -4.03. The van der Waals surface area contributed by atoms with Crippen LogP contribution in [0.25, 0.3) is 10.9 Å². The number of benzene rings is 3. The summed E-state index contributed by atoms with van der Waals surface area (Å²) in [6.45, 7) is 1.85. The molecule has 0 spiro atoms. The maximum atomic E-state index is 12.9. The maximum absolute atomic E-state index is 12.9. The zero-order valence-corrected chi connectivity index (χ0v) is 24.1. The summed E-state index contributed by atoms with van der Waals surface area (Å²) >= 11 is 0. The number of sulfonamides is 1. The van der Waals surface area contributed by atoms with E-state index in [2.05, 4.69) is 10.0 Å². The Morgan fingerprint density at radius 2 is 1.71 bits per heavy atom. The van der Waals surface area contributed by atoms with Crippen molar-refractivity contribution in [2.75, 3.05) is 12.4 Å². The summed E-state index contributed by atoms with van der Waals surface area (Å²) in [7, 11) is -0.571. The largest absolute Gasteiger partial charge is 0.496 e. The van der Waals surface area contributed by atoms with Crippen LogP contribution in [0.2, 0.25) is 0 Å². The second-order valence-electron chi connectivity index (χ2n) is 10.4. The van der Waals surface area contributed by atoms with Gasteiger partial charge in [0.15, 0.2) is 0 Å². The van der Waals surface area contributed by atoms with Gasteiger partial charge in [0.05, 0.1) is 12.0 Å². The Hall–Kier alpha value is -4.31. The van der Waals surface area contributed by atoms with Crippen LogP contribution in [0.4, 0.5) is 10.5 Å². The van der Waals surface area contributed by atoms with Crippen molar-refractivity contribution in [3.05, 3.63) is 89.1 Å². The van der Waals surface area contributed by atoms with Crippen molar-refractivity contribution in [1.82, 2.24) is 9.29 Å². The second-order valence-corrected chi connectivity index (χ2v) is 12.1. The van der Waals surface area contributed by atoms with Crippen molar-refractivity contribution in [1.29, 1.82) is 0 Å². The average Bonchev–Trinajstić information content (AvgIpc) is 3.56. The summed E-state index contributed by atoms with van der Waals surface area (Å²) in [5.41, 5.74) is 4.51. The molecule has 1 aromatic heterocycles.